The van der Waals surface area contributed by atoms with Crippen molar-refractivity contribution in [3.63, 3.8) is 0 Å². The van der Waals surface area contributed by atoms with Gasteiger partial charge in [0.1, 0.15) is 0 Å². The van der Waals surface area contributed by atoms with Crippen LogP contribution in [-0.2, 0) is 9.59 Å². The van der Waals surface area contributed by atoms with Gasteiger partial charge in [-0.05, 0) is 24.3 Å². The molecule has 0 bridgehead atoms. The molecule has 0 heterocycles. The molecular weight excluding hydrogens is 250 g/mol. The molecule has 0 unspecified atom stereocenters. The predicted octanol–water partition coefficient (Wildman–Crippen LogP) is 0.613. The summed E-state index contributed by atoms with van der Waals surface area (Å²) in [6, 6.07) is 7.36. The van der Waals surface area contributed by atoms with Crippen LogP contribution in [0.4, 0.5) is 5.69 Å². The molecule has 1 aromatic rings. The fourth-order valence-electron chi connectivity index (χ4n) is 1.20. The zero-order valence-corrected chi connectivity index (χ0v) is 11.0. The largest absolute Gasteiger partial charge is 0.399 e. The Morgan fingerprint density at radius 2 is 1.78 bits per heavy atom. The second-order valence-corrected chi connectivity index (χ2v) is 4.74. The highest BCUT2D eigenvalue weighted by molar-refractivity contribution is 8.00. The van der Waals surface area contributed by atoms with Gasteiger partial charge in [0.15, 0.2) is 0 Å². The van der Waals surface area contributed by atoms with Crippen molar-refractivity contribution in [3.05, 3.63) is 24.3 Å². The zero-order valence-electron chi connectivity index (χ0n) is 10.2. The smallest absolute Gasteiger partial charge is 0.230 e. The Kier molecular flexibility index (Phi) is 6.07. The monoisotopic (exact) mass is 267 g/mol. The first kappa shape index (κ1) is 14.4. The normalized spacial score (nSPS) is 9.83. The third-order valence-corrected chi connectivity index (χ3v) is 3.08. The third kappa shape index (κ3) is 6.15. The van der Waals surface area contributed by atoms with E-state index in [1.165, 1.54) is 18.7 Å². The fourth-order valence-corrected chi connectivity index (χ4v) is 1.93. The van der Waals surface area contributed by atoms with Gasteiger partial charge < -0.3 is 16.4 Å². The van der Waals surface area contributed by atoms with E-state index >= 15 is 0 Å². The van der Waals surface area contributed by atoms with Crippen LogP contribution in [0.1, 0.15) is 6.92 Å². The van der Waals surface area contributed by atoms with Crippen molar-refractivity contribution < 1.29 is 9.59 Å². The Hall–Kier alpha value is -1.69. The summed E-state index contributed by atoms with van der Waals surface area (Å²) in [6.07, 6.45) is 0. The number of anilines is 1. The Bertz CT molecular complexity index is 406. The summed E-state index contributed by atoms with van der Waals surface area (Å²) in [5.41, 5.74) is 6.27. The van der Waals surface area contributed by atoms with Crippen LogP contribution in [0.2, 0.25) is 0 Å². The van der Waals surface area contributed by atoms with Gasteiger partial charge in [-0.3, -0.25) is 9.59 Å². The molecule has 4 N–H and O–H groups in total. The number of benzene rings is 1. The fraction of sp³-hybridized carbons (Fsp3) is 0.333. The van der Waals surface area contributed by atoms with Gasteiger partial charge in [-0.2, -0.15) is 0 Å². The van der Waals surface area contributed by atoms with E-state index in [0.717, 1.165) is 4.90 Å². The van der Waals surface area contributed by atoms with Crippen molar-refractivity contribution in [1.29, 1.82) is 0 Å². The molecule has 0 radical (unpaired) electrons. The van der Waals surface area contributed by atoms with Crippen molar-refractivity contribution in [1.82, 2.24) is 10.6 Å². The lowest BCUT2D eigenvalue weighted by Gasteiger charge is -2.05. The van der Waals surface area contributed by atoms with E-state index in [2.05, 4.69) is 10.6 Å². The molecule has 0 aliphatic carbocycles. The highest BCUT2D eigenvalue weighted by Gasteiger charge is 2.02. The number of nitrogen functional groups attached to an aromatic ring is 1. The summed E-state index contributed by atoms with van der Waals surface area (Å²) >= 11 is 1.45. The number of amides is 2. The minimum absolute atomic E-state index is 0.0535. The van der Waals surface area contributed by atoms with Crippen LogP contribution >= 0.6 is 11.8 Å². The average molecular weight is 267 g/mol. The molecule has 5 nitrogen and oxygen atoms in total. The number of hydrogen-bond donors (Lipinski definition) is 3. The first-order valence-corrected chi connectivity index (χ1v) is 6.56. The minimum Gasteiger partial charge on any atom is -0.399 e. The van der Waals surface area contributed by atoms with E-state index in [1.54, 1.807) is 12.1 Å². The molecule has 18 heavy (non-hydrogen) atoms. The van der Waals surface area contributed by atoms with Crippen molar-refractivity contribution in [2.75, 3.05) is 24.6 Å². The number of hydrogen-bond acceptors (Lipinski definition) is 4. The number of carbonyl (C=O) groups excluding carboxylic acids is 2. The molecule has 1 rings (SSSR count). The van der Waals surface area contributed by atoms with E-state index in [4.69, 9.17) is 5.73 Å². The molecule has 6 heteroatoms. The standard InChI is InChI=1S/C12H17N3O2S/c1-9(16)14-6-7-15-12(17)8-18-11-4-2-10(13)3-5-11/h2-5H,6-8,13H2,1H3,(H,14,16)(H,15,17). The van der Waals surface area contributed by atoms with E-state index < -0.39 is 0 Å². The quantitative estimate of drug-likeness (QED) is 0.400. The van der Waals surface area contributed by atoms with Crippen LogP contribution in [0.25, 0.3) is 0 Å². The first-order valence-electron chi connectivity index (χ1n) is 5.57. The first-order chi connectivity index (χ1) is 8.58. The summed E-state index contributed by atoms with van der Waals surface area (Å²) < 4.78 is 0. The maximum absolute atomic E-state index is 11.5. The Labute approximate surface area is 111 Å². The van der Waals surface area contributed by atoms with Crippen LogP contribution in [0, 0.1) is 0 Å². The van der Waals surface area contributed by atoms with Crippen molar-refractivity contribution >= 4 is 29.3 Å². The van der Waals surface area contributed by atoms with Crippen LogP contribution < -0.4 is 16.4 Å². The van der Waals surface area contributed by atoms with Gasteiger partial charge >= 0.3 is 0 Å². The predicted molar refractivity (Wildman–Crippen MR) is 73.3 cm³/mol. The van der Waals surface area contributed by atoms with Crippen molar-refractivity contribution in [2.24, 2.45) is 0 Å². The van der Waals surface area contributed by atoms with Crippen LogP contribution in [0.5, 0.6) is 0 Å². The molecule has 0 saturated heterocycles. The lowest BCUT2D eigenvalue weighted by atomic mass is 10.3. The highest BCUT2D eigenvalue weighted by Crippen LogP contribution is 2.18. The van der Waals surface area contributed by atoms with Crippen LogP contribution in [0.3, 0.4) is 0 Å². The van der Waals surface area contributed by atoms with Gasteiger partial charge in [0.05, 0.1) is 5.75 Å². The second-order valence-electron chi connectivity index (χ2n) is 3.69. The maximum atomic E-state index is 11.5. The molecular formula is C12H17N3O2S. The van der Waals surface area contributed by atoms with Crippen LogP contribution in [0.15, 0.2) is 29.2 Å². The van der Waals surface area contributed by atoms with E-state index in [9.17, 15) is 9.59 Å². The second kappa shape index (κ2) is 7.60. The van der Waals surface area contributed by atoms with E-state index in [0.29, 0.717) is 24.5 Å². The number of rotatable bonds is 6. The van der Waals surface area contributed by atoms with E-state index in [1.807, 2.05) is 12.1 Å². The topological polar surface area (TPSA) is 84.2 Å². The van der Waals surface area contributed by atoms with Gasteiger partial charge in [0.25, 0.3) is 0 Å². The number of carbonyl (C=O) groups is 2. The Morgan fingerprint density at radius 1 is 1.17 bits per heavy atom. The average Bonchev–Trinajstić information content (AvgIpc) is 2.34. The van der Waals surface area contributed by atoms with Crippen molar-refractivity contribution in [2.45, 2.75) is 11.8 Å². The van der Waals surface area contributed by atoms with Crippen molar-refractivity contribution in [3.8, 4) is 0 Å². The van der Waals surface area contributed by atoms with Gasteiger partial charge in [0.2, 0.25) is 11.8 Å². The Morgan fingerprint density at radius 3 is 2.39 bits per heavy atom. The highest BCUT2D eigenvalue weighted by atomic mass is 32.2. The summed E-state index contributed by atoms with van der Waals surface area (Å²) in [7, 11) is 0. The van der Waals surface area contributed by atoms with Gasteiger partial charge in [-0.25, -0.2) is 0 Å². The summed E-state index contributed by atoms with van der Waals surface area (Å²) in [4.78, 5) is 23.0. The lowest BCUT2D eigenvalue weighted by Crippen LogP contribution is -2.34. The summed E-state index contributed by atoms with van der Waals surface area (Å²) in [6.45, 7) is 2.34. The van der Waals surface area contributed by atoms with Gasteiger partial charge in [-0.15, -0.1) is 11.8 Å². The number of nitrogens with one attached hydrogen (secondary N) is 2. The molecule has 0 spiro atoms. The molecule has 98 valence electrons. The van der Waals surface area contributed by atoms with E-state index in [-0.39, 0.29) is 11.8 Å². The lowest BCUT2D eigenvalue weighted by molar-refractivity contribution is -0.120. The van der Waals surface area contributed by atoms with Crippen LogP contribution in [-0.4, -0.2) is 30.7 Å². The maximum Gasteiger partial charge on any atom is 0.230 e. The molecule has 0 fully saturated rings. The Balaban J connectivity index is 2.17. The molecule has 0 aliphatic heterocycles. The molecule has 0 aromatic heterocycles. The van der Waals surface area contributed by atoms with Gasteiger partial charge in [-0.1, -0.05) is 0 Å². The summed E-state index contributed by atoms with van der Waals surface area (Å²) in [5.74, 6) is 0.201. The molecule has 0 aliphatic rings. The molecule has 2 amide bonds. The zero-order chi connectivity index (χ0) is 13.4. The third-order valence-electron chi connectivity index (χ3n) is 2.07. The molecule has 1 aromatic carbocycles. The minimum atomic E-state index is -0.0968. The summed E-state index contributed by atoms with van der Waals surface area (Å²) in [5, 5.41) is 5.33. The SMILES string of the molecule is CC(=O)NCCNC(=O)CSc1ccc(N)cc1. The number of nitrogens with two attached hydrogens (primary N) is 1. The number of thioether (sulfide) groups is 1. The van der Waals surface area contributed by atoms with Gasteiger partial charge in [0, 0.05) is 30.6 Å². The molecule has 0 atom stereocenters. The molecule has 0 saturated carbocycles.